The van der Waals surface area contributed by atoms with Crippen LogP contribution >= 0.6 is 0 Å². The maximum atomic E-state index is 13.8. The molecule has 1 unspecified atom stereocenters. The van der Waals surface area contributed by atoms with Gasteiger partial charge in [0.25, 0.3) is 5.91 Å². The molecular weight excluding hydrogens is 341 g/mol. The second-order valence-electron chi connectivity index (χ2n) is 8.48. The van der Waals surface area contributed by atoms with E-state index in [2.05, 4.69) is 28.6 Å². The zero-order chi connectivity index (χ0) is 19.2. The number of rotatable bonds is 2. The SMILES string of the molecule is Cc1ncccc1C(=O)N1CCCC12CN(c1cccc(F)c1)C(C)(C)C2. The summed E-state index contributed by atoms with van der Waals surface area (Å²) < 4.78 is 13.8. The van der Waals surface area contributed by atoms with E-state index >= 15 is 0 Å². The molecule has 5 heteroatoms. The molecule has 3 heterocycles. The molecule has 1 aromatic carbocycles. The molecular formula is C22H26FN3O. The Hall–Kier alpha value is -2.43. The summed E-state index contributed by atoms with van der Waals surface area (Å²) in [4.78, 5) is 21.9. The quantitative estimate of drug-likeness (QED) is 0.798. The van der Waals surface area contributed by atoms with Crippen molar-refractivity contribution in [2.24, 2.45) is 0 Å². The van der Waals surface area contributed by atoms with Gasteiger partial charge in [-0.15, -0.1) is 0 Å². The monoisotopic (exact) mass is 367 g/mol. The highest BCUT2D eigenvalue weighted by Crippen LogP contribution is 2.47. The first-order valence-electron chi connectivity index (χ1n) is 9.59. The third-order valence-corrected chi connectivity index (χ3v) is 6.14. The molecule has 27 heavy (non-hydrogen) atoms. The van der Waals surface area contributed by atoms with Gasteiger partial charge in [0.1, 0.15) is 5.82 Å². The third-order valence-electron chi connectivity index (χ3n) is 6.14. The Morgan fingerprint density at radius 3 is 2.78 bits per heavy atom. The molecule has 2 aliphatic heterocycles. The number of hydrogen-bond donors (Lipinski definition) is 0. The van der Waals surface area contributed by atoms with Crippen molar-refractivity contribution >= 4 is 11.6 Å². The molecule has 4 nitrogen and oxygen atoms in total. The highest BCUT2D eigenvalue weighted by atomic mass is 19.1. The Labute approximate surface area is 160 Å². The van der Waals surface area contributed by atoms with Crippen LogP contribution in [0.15, 0.2) is 42.6 Å². The van der Waals surface area contributed by atoms with Gasteiger partial charge in [0.2, 0.25) is 0 Å². The van der Waals surface area contributed by atoms with Crippen molar-refractivity contribution < 1.29 is 9.18 Å². The number of benzene rings is 1. The average Bonchev–Trinajstić information content (AvgIpc) is 3.14. The van der Waals surface area contributed by atoms with Crippen molar-refractivity contribution in [3.05, 3.63) is 59.7 Å². The van der Waals surface area contributed by atoms with Crippen LogP contribution < -0.4 is 4.90 Å². The zero-order valence-corrected chi connectivity index (χ0v) is 16.2. The topological polar surface area (TPSA) is 36.4 Å². The molecule has 2 aliphatic rings. The van der Waals surface area contributed by atoms with Crippen LogP contribution in [0.1, 0.15) is 49.2 Å². The summed E-state index contributed by atoms with van der Waals surface area (Å²) in [5, 5.41) is 0. The van der Waals surface area contributed by atoms with Gasteiger partial charge in [-0.25, -0.2) is 4.39 Å². The number of carbonyl (C=O) groups is 1. The third kappa shape index (κ3) is 2.99. The van der Waals surface area contributed by atoms with Gasteiger partial charge >= 0.3 is 0 Å². The van der Waals surface area contributed by atoms with Crippen LogP contribution in [-0.2, 0) is 0 Å². The Morgan fingerprint density at radius 1 is 1.22 bits per heavy atom. The van der Waals surface area contributed by atoms with Crippen molar-refractivity contribution in [3.8, 4) is 0 Å². The largest absolute Gasteiger partial charge is 0.364 e. The molecule has 0 bridgehead atoms. The van der Waals surface area contributed by atoms with Crippen LogP contribution in [0.5, 0.6) is 0 Å². The molecule has 1 atom stereocenters. The van der Waals surface area contributed by atoms with E-state index in [9.17, 15) is 9.18 Å². The number of nitrogens with zero attached hydrogens (tertiary/aromatic N) is 3. The Morgan fingerprint density at radius 2 is 2.04 bits per heavy atom. The fourth-order valence-electron chi connectivity index (χ4n) is 5.01. The molecule has 0 saturated carbocycles. The molecule has 2 fully saturated rings. The van der Waals surface area contributed by atoms with E-state index < -0.39 is 0 Å². The number of aromatic nitrogens is 1. The lowest BCUT2D eigenvalue weighted by Crippen LogP contribution is -2.49. The molecule has 1 aromatic heterocycles. The first-order chi connectivity index (χ1) is 12.8. The normalized spacial score (nSPS) is 24.0. The molecule has 0 N–H and O–H groups in total. The van der Waals surface area contributed by atoms with Gasteiger partial charge in [0.15, 0.2) is 0 Å². The molecule has 1 amide bonds. The second kappa shape index (κ2) is 6.32. The van der Waals surface area contributed by atoms with E-state index in [4.69, 9.17) is 0 Å². The first-order valence-corrected chi connectivity index (χ1v) is 9.59. The second-order valence-corrected chi connectivity index (χ2v) is 8.48. The summed E-state index contributed by atoms with van der Waals surface area (Å²) in [6.07, 6.45) is 4.57. The highest BCUT2D eigenvalue weighted by Gasteiger charge is 2.55. The number of anilines is 1. The summed E-state index contributed by atoms with van der Waals surface area (Å²) in [6, 6.07) is 10.5. The van der Waals surface area contributed by atoms with Gasteiger partial charge in [0.05, 0.1) is 11.1 Å². The van der Waals surface area contributed by atoms with Crippen LogP contribution in [0.4, 0.5) is 10.1 Å². The van der Waals surface area contributed by atoms with Gasteiger partial charge in [-0.3, -0.25) is 9.78 Å². The van der Waals surface area contributed by atoms with Gasteiger partial charge in [-0.1, -0.05) is 6.07 Å². The number of hydrogen-bond acceptors (Lipinski definition) is 3. The predicted molar refractivity (Wildman–Crippen MR) is 104 cm³/mol. The zero-order valence-electron chi connectivity index (χ0n) is 16.2. The van der Waals surface area contributed by atoms with Crippen molar-refractivity contribution in [1.82, 2.24) is 9.88 Å². The molecule has 2 saturated heterocycles. The lowest BCUT2D eigenvalue weighted by molar-refractivity contribution is 0.0616. The molecule has 4 rings (SSSR count). The lowest BCUT2D eigenvalue weighted by atomic mass is 9.87. The average molecular weight is 367 g/mol. The Kier molecular flexibility index (Phi) is 4.21. The van der Waals surface area contributed by atoms with Crippen LogP contribution in [0.3, 0.4) is 0 Å². The Bertz CT molecular complexity index is 881. The molecule has 142 valence electrons. The van der Waals surface area contributed by atoms with Crippen LogP contribution in [0, 0.1) is 12.7 Å². The van der Waals surface area contributed by atoms with E-state index in [0.717, 1.165) is 43.7 Å². The summed E-state index contributed by atoms with van der Waals surface area (Å²) >= 11 is 0. The fourth-order valence-corrected chi connectivity index (χ4v) is 5.01. The van der Waals surface area contributed by atoms with Gasteiger partial charge in [0, 0.05) is 36.2 Å². The summed E-state index contributed by atoms with van der Waals surface area (Å²) in [7, 11) is 0. The van der Waals surface area contributed by atoms with E-state index in [1.54, 1.807) is 18.3 Å². The standard InChI is InChI=1S/C22H26FN3O/c1-16-19(9-5-11-24-16)20(27)25-12-6-10-22(25)14-21(2,3)26(15-22)18-8-4-7-17(23)13-18/h4-5,7-9,11,13H,6,10,12,14-15H2,1-3H3. The van der Waals surface area contributed by atoms with E-state index in [-0.39, 0.29) is 22.8 Å². The van der Waals surface area contributed by atoms with Crippen LogP contribution in [0.2, 0.25) is 0 Å². The number of carbonyl (C=O) groups excluding carboxylic acids is 1. The minimum atomic E-state index is -0.227. The summed E-state index contributed by atoms with van der Waals surface area (Å²) in [5.41, 5.74) is 1.97. The van der Waals surface area contributed by atoms with Crippen molar-refractivity contribution in [2.45, 2.75) is 51.1 Å². The van der Waals surface area contributed by atoms with E-state index in [1.165, 1.54) is 6.07 Å². The minimum absolute atomic E-state index is 0.0648. The molecule has 0 aliphatic carbocycles. The molecule has 1 spiro atoms. The van der Waals surface area contributed by atoms with Gasteiger partial charge < -0.3 is 9.80 Å². The van der Waals surface area contributed by atoms with Crippen LogP contribution in [0.25, 0.3) is 0 Å². The van der Waals surface area contributed by atoms with Crippen molar-refractivity contribution in [1.29, 1.82) is 0 Å². The van der Waals surface area contributed by atoms with Gasteiger partial charge in [-0.05, 0) is 70.4 Å². The predicted octanol–water partition coefficient (Wildman–Crippen LogP) is 4.19. The number of pyridine rings is 1. The lowest BCUT2D eigenvalue weighted by Gasteiger charge is -2.35. The fraction of sp³-hybridized carbons (Fsp3) is 0.455. The highest BCUT2D eigenvalue weighted by molar-refractivity contribution is 5.96. The van der Waals surface area contributed by atoms with Crippen molar-refractivity contribution in [2.75, 3.05) is 18.0 Å². The molecule has 0 radical (unpaired) electrons. The van der Waals surface area contributed by atoms with E-state index in [0.29, 0.717) is 5.56 Å². The van der Waals surface area contributed by atoms with Gasteiger partial charge in [-0.2, -0.15) is 0 Å². The maximum Gasteiger partial charge on any atom is 0.256 e. The maximum absolute atomic E-state index is 13.8. The first kappa shape index (κ1) is 18.0. The smallest absolute Gasteiger partial charge is 0.256 e. The number of likely N-dealkylation sites (tertiary alicyclic amines) is 1. The molecule has 2 aromatic rings. The van der Waals surface area contributed by atoms with E-state index in [1.807, 2.05) is 25.1 Å². The summed E-state index contributed by atoms with van der Waals surface area (Å²) in [6.45, 7) is 7.74. The number of aryl methyl sites for hydroxylation is 1. The number of amides is 1. The minimum Gasteiger partial charge on any atom is -0.364 e. The Balaban J connectivity index is 1.68. The van der Waals surface area contributed by atoms with Crippen LogP contribution in [-0.4, -0.2) is 40.0 Å². The number of halogens is 1. The summed E-state index contributed by atoms with van der Waals surface area (Å²) in [5.74, 6) is -0.162. The van der Waals surface area contributed by atoms with Crippen molar-refractivity contribution in [3.63, 3.8) is 0 Å².